The number of halogens is 1. The molecule has 0 heterocycles. The second-order valence-corrected chi connectivity index (χ2v) is 7.37. The van der Waals surface area contributed by atoms with Gasteiger partial charge in [-0.25, -0.2) is 0 Å². The minimum atomic E-state index is -1.14. The number of benzene rings is 2. The predicted octanol–water partition coefficient (Wildman–Crippen LogP) is 3.65. The maximum absolute atomic E-state index is 12.4. The number of aryl methyl sites for hydroxylation is 1. The minimum Gasteiger partial charge on any atom is -0.355 e. The van der Waals surface area contributed by atoms with E-state index in [1.807, 2.05) is 55.5 Å². The number of hydrogen-bond acceptors (Lipinski definition) is 2. The van der Waals surface area contributed by atoms with Crippen molar-refractivity contribution in [2.75, 3.05) is 6.54 Å². The normalized spacial score (nSPS) is 11.1. The number of hydrogen-bond donors (Lipinski definition) is 2. The first-order chi connectivity index (χ1) is 12.3. The van der Waals surface area contributed by atoms with E-state index in [0.29, 0.717) is 24.5 Å². The monoisotopic (exact) mass is 372 g/mol. The van der Waals surface area contributed by atoms with Crippen molar-refractivity contribution in [3.8, 4) is 0 Å². The van der Waals surface area contributed by atoms with Gasteiger partial charge >= 0.3 is 0 Å². The second-order valence-electron chi connectivity index (χ2n) is 6.93. The van der Waals surface area contributed by atoms with Crippen LogP contribution in [0, 0.1) is 12.3 Å². The third-order valence-electron chi connectivity index (χ3n) is 4.30. The molecule has 0 radical (unpaired) electrons. The average molecular weight is 373 g/mol. The van der Waals surface area contributed by atoms with Gasteiger partial charge in [0.25, 0.3) is 0 Å². The highest BCUT2D eigenvalue weighted by atomic mass is 35.5. The lowest BCUT2D eigenvalue weighted by molar-refractivity contribution is -0.141. The summed E-state index contributed by atoms with van der Waals surface area (Å²) in [5.41, 5.74) is 2.07. The minimum absolute atomic E-state index is 0.291. The number of amides is 2. The number of rotatable bonds is 7. The van der Waals surface area contributed by atoms with Crippen LogP contribution in [0.5, 0.6) is 0 Å². The molecule has 0 saturated heterocycles. The molecule has 2 rings (SSSR count). The van der Waals surface area contributed by atoms with Gasteiger partial charge in [0.2, 0.25) is 11.8 Å². The molecule has 2 aromatic carbocycles. The van der Waals surface area contributed by atoms with Gasteiger partial charge in [-0.05, 0) is 50.5 Å². The van der Waals surface area contributed by atoms with Gasteiger partial charge in [-0.2, -0.15) is 0 Å². The highest BCUT2D eigenvalue weighted by Crippen LogP contribution is 2.16. The van der Waals surface area contributed by atoms with Crippen LogP contribution in [0.25, 0.3) is 0 Å². The smallest absolute Gasteiger partial charge is 0.235 e. The van der Waals surface area contributed by atoms with Crippen LogP contribution in [-0.2, 0) is 22.6 Å². The fourth-order valence-electron chi connectivity index (χ4n) is 2.45. The first-order valence-corrected chi connectivity index (χ1v) is 9.03. The first-order valence-electron chi connectivity index (χ1n) is 8.65. The van der Waals surface area contributed by atoms with Crippen molar-refractivity contribution in [1.29, 1.82) is 0 Å². The second kappa shape index (κ2) is 8.86. The molecule has 0 spiro atoms. The quantitative estimate of drug-likeness (QED) is 0.729. The van der Waals surface area contributed by atoms with E-state index >= 15 is 0 Å². The van der Waals surface area contributed by atoms with E-state index in [1.54, 1.807) is 13.8 Å². The molecule has 0 aliphatic carbocycles. The fourth-order valence-corrected chi connectivity index (χ4v) is 2.66. The van der Waals surface area contributed by atoms with E-state index in [1.165, 1.54) is 5.56 Å². The van der Waals surface area contributed by atoms with Crippen LogP contribution in [0.2, 0.25) is 5.02 Å². The molecule has 0 fully saturated rings. The van der Waals surface area contributed by atoms with E-state index in [9.17, 15) is 9.59 Å². The summed E-state index contributed by atoms with van der Waals surface area (Å²) in [5, 5.41) is 6.34. The van der Waals surface area contributed by atoms with Crippen molar-refractivity contribution in [2.24, 2.45) is 5.41 Å². The summed E-state index contributed by atoms with van der Waals surface area (Å²) in [6, 6.07) is 15.4. The van der Waals surface area contributed by atoms with Crippen LogP contribution in [0.1, 0.15) is 30.5 Å². The summed E-state index contributed by atoms with van der Waals surface area (Å²) >= 11 is 5.95. The van der Waals surface area contributed by atoms with Crippen LogP contribution >= 0.6 is 11.6 Å². The summed E-state index contributed by atoms with van der Waals surface area (Å²) in [4.78, 5) is 24.9. The van der Waals surface area contributed by atoms with Gasteiger partial charge in [-0.15, -0.1) is 0 Å². The van der Waals surface area contributed by atoms with E-state index in [-0.39, 0.29) is 11.8 Å². The SMILES string of the molecule is Cc1ccc(CNC(=O)C(C)(C)C(=O)NCCc2cccc(Cl)c2)cc1. The van der Waals surface area contributed by atoms with Crippen LogP contribution in [-0.4, -0.2) is 18.4 Å². The van der Waals surface area contributed by atoms with Gasteiger partial charge in [0.05, 0.1) is 0 Å². The Balaban J connectivity index is 1.83. The summed E-state index contributed by atoms with van der Waals surface area (Å²) in [6.07, 6.45) is 0.660. The summed E-state index contributed by atoms with van der Waals surface area (Å²) in [5.74, 6) is -0.584. The van der Waals surface area contributed by atoms with Crippen molar-refractivity contribution in [1.82, 2.24) is 10.6 Å². The van der Waals surface area contributed by atoms with Crippen molar-refractivity contribution in [2.45, 2.75) is 33.7 Å². The Bertz CT molecular complexity index is 770. The van der Waals surface area contributed by atoms with Crippen LogP contribution in [0.4, 0.5) is 0 Å². The van der Waals surface area contributed by atoms with Gasteiger partial charge in [0, 0.05) is 18.1 Å². The van der Waals surface area contributed by atoms with E-state index in [4.69, 9.17) is 11.6 Å². The topological polar surface area (TPSA) is 58.2 Å². The zero-order valence-corrected chi connectivity index (χ0v) is 16.2. The van der Waals surface area contributed by atoms with E-state index in [0.717, 1.165) is 11.1 Å². The lowest BCUT2D eigenvalue weighted by Crippen LogP contribution is -2.48. The molecule has 0 aromatic heterocycles. The van der Waals surface area contributed by atoms with Gasteiger partial charge in [0.1, 0.15) is 5.41 Å². The first kappa shape index (κ1) is 20.0. The Morgan fingerprint density at radius 3 is 2.27 bits per heavy atom. The molecule has 2 amide bonds. The lowest BCUT2D eigenvalue weighted by Gasteiger charge is -2.23. The Kier molecular flexibility index (Phi) is 6.81. The van der Waals surface area contributed by atoms with Crippen molar-refractivity contribution in [3.05, 3.63) is 70.2 Å². The van der Waals surface area contributed by atoms with Crippen molar-refractivity contribution < 1.29 is 9.59 Å². The third kappa shape index (κ3) is 5.60. The van der Waals surface area contributed by atoms with Gasteiger partial charge < -0.3 is 10.6 Å². The summed E-state index contributed by atoms with van der Waals surface area (Å²) in [6.45, 7) is 6.13. The molecule has 0 aliphatic heterocycles. The predicted molar refractivity (Wildman–Crippen MR) is 105 cm³/mol. The number of carbonyl (C=O) groups excluding carboxylic acids is 2. The summed E-state index contributed by atoms with van der Waals surface area (Å²) < 4.78 is 0. The third-order valence-corrected chi connectivity index (χ3v) is 4.53. The number of nitrogens with one attached hydrogen (secondary N) is 2. The van der Waals surface area contributed by atoms with Crippen LogP contribution in [0.3, 0.4) is 0 Å². The van der Waals surface area contributed by atoms with E-state index in [2.05, 4.69) is 10.6 Å². The van der Waals surface area contributed by atoms with Crippen molar-refractivity contribution in [3.63, 3.8) is 0 Å². The molecule has 138 valence electrons. The van der Waals surface area contributed by atoms with E-state index < -0.39 is 5.41 Å². The molecule has 0 unspecified atom stereocenters. The Hall–Kier alpha value is -2.33. The van der Waals surface area contributed by atoms with Gasteiger partial charge in [-0.1, -0.05) is 53.6 Å². The Morgan fingerprint density at radius 2 is 1.62 bits per heavy atom. The Morgan fingerprint density at radius 1 is 0.962 bits per heavy atom. The van der Waals surface area contributed by atoms with Crippen LogP contribution < -0.4 is 10.6 Å². The molecule has 0 saturated carbocycles. The standard InChI is InChI=1S/C21H25ClN2O2/c1-15-7-9-17(10-8-15)14-24-20(26)21(2,3)19(25)23-12-11-16-5-4-6-18(22)13-16/h4-10,13H,11-12,14H2,1-3H3,(H,23,25)(H,24,26). The van der Waals surface area contributed by atoms with Gasteiger partial charge in [0.15, 0.2) is 0 Å². The molecule has 0 atom stereocenters. The molecular formula is C21H25ClN2O2. The molecule has 26 heavy (non-hydrogen) atoms. The highest BCUT2D eigenvalue weighted by Gasteiger charge is 2.35. The van der Waals surface area contributed by atoms with Crippen LogP contribution in [0.15, 0.2) is 48.5 Å². The molecular weight excluding hydrogens is 348 g/mol. The summed E-state index contributed by atoms with van der Waals surface area (Å²) in [7, 11) is 0. The largest absolute Gasteiger partial charge is 0.355 e. The molecule has 2 N–H and O–H groups in total. The average Bonchev–Trinajstić information content (AvgIpc) is 2.60. The maximum Gasteiger partial charge on any atom is 0.235 e. The Labute approximate surface area is 159 Å². The zero-order valence-electron chi connectivity index (χ0n) is 15.4. The van der Waals surface area contributed by atoms with Crippen molar-refractivity contribution >= 4 is 23.4 Å². The molecule has 4 nitrogen and oxygen atoms in total. The zero-order chi connectivity index (χ0) is 19.2. The molecule has 0 aliphatic rings. The highest BCUT2D eigenvalue weighted by molar-refractivity contribution is 6.30. The fraction of sp³-hybridized carbons (Fsp3) is 0.333. The van der Waals surface area contributed by atoms with Gasteiger partial charge in [-0.3, -0.25) is 9.59 Å². The number of carbonyl (C=O) groups is 2. The molecule has 2 aromatic rings. The molecule has 5 heteroatoms. The maximum atomic E-state index is 12.4. The lowest BCUT2D eigenvalue weighted by atomic mass is 9.91. The molecule has 0 bridgehead atoms.